The monoisotopic (exact) mass is 369 g/mol. The highest BCUT2D eigenvalue weighted by molar-refractivity contribution is 14.1. The van der Waals surface area contributed by atoms with E-state index >= 15 is 0 Å². The fourth-order valence-corrected chi connectivity index (χ4v) is 2.74. The van der Waals surface area contributed by atoms with E-state index in [1.807, 2.05) is 6.07 Å². The number of carboxylic acid groups (broad SMARTS) is 1. The molecule has 2 N–H and O–H groups in total. The van der Waals surface area contributed by atoms with E-state index < -0.39 is 21.2 Å². The van der Waals surface area contributed by atoms with E-state index in [2.05, 4.69) is 27.3 Å². The van der Waals surface area contributed by atoms with Crippen LogP contribution in [0.15, 0.2) is 18.2 Å². The summed E-state index contributed by atoms with van der Waals surface area (Å²) in [4.78, 5) is 10.7. The number of aryl methyl sites for hydroxylation is 1. The quantitative estimate of drug-likeness (QED) is 0.794. The van der Waals surface area contributed by atoms with Crippen molar-refractivity contribution >= 4 is 44.3 Å². The van der Waals surface area contributed by atoms with Gasteiger partial charge in [0.05, 0.1) is 5.69 Å². The predicted molar refractivity (Wildman–Crippen MR) is 73.5 cm³/mol. The molecule has 7 heteroatoms. The van der Waals surface area contributed by atoms with Crippen LogP contribution in [0, 0.1) is 10.5 Å². The first kappa shape index (κ1) is 14.2. The molecule has 0 saturated carbocycles. The molecule has 1 aromatic rings. The maximum absolute atomic E-state index is 11.7. The second-order valence-corrected chi connectivity index (χ2v) is 6.83. The van der Waals surface area contributed by atoms with Crippen molar-refractivity contribution < 1.29 is 18.3 Å². The molecule has 0 aliphatic heterocycles. The van der Waals surface area contributed by atoms with Gasteiger partial charge in [-0.05, 0) is 60.2 Å². The van der Waals surface area contributed by atoms with Crippen LogP contribution in [0.5, 0.6) is 0 Å². The van der Waals surface area contributed by atoms with E-state index in [9.17, 15) is 13.2 Å². The summed E-state index contributed by atoms with van der Waals surface area (Å²) in [5.41, 5.74) is 1.15. The number of aliphatic carboxylic acids is 1. The maximum atomic E-state index is 11.7. The normalized spacial score (nSPS) is 13.1. The van der Waals surface area contributed by atoms with Gasteiger partial charge in [0.25, 0.3) is 0 Å². The number of hydrogen-bond acceptors (Lipinski definition) is 3. The summed E-state index contributed by atoms with van der Waals surface area (Å²) in [6.45, 7) is 2.89. The zero-order valence-electron chi connectivity index (χ0n) is 9.27. The molecule has 1 atom stereocenters. The van der Waals surface area contributed by atoms with Crippen molar-refractivity contribution in [2.75, 3.05) is 4.72 Å². The molecule has 1 aromatic carbocycles. The summed E-state index contributed by atoms with van der Waals surface area (Å²) in [6.07, 6.45) is 0. The third kappa shape index (κ3) is 3.56. The van der Waals surface area contributed by atoms with E-state index in [1.165, 1.54) is 0 Å². The lowest BCUT2D eigenvalue weighted by Crippen LogP contribution is -2.32. The van der Waals surface area contributed by atoms with Crippen molar-refractivity contribution in [3.05, 3.63) is 27.3 Å². The molecule has 17 heavy (non-hydrogen) atoms. The molecule has 5 nitrogen and oxygen atoms in total. The third-order valence-corrected chi connectivity index (χ3v) is 4.56. The van der Waals surface area contributed by atoms with Crippen LogP contribution in [0.2, 0.25) is 0 Å². The third-order valence-electron chi connectivity index (χ3n) is 2.25. The van der Waals surface area contributed by atoms with Crippen molar-refractivity contribution in [3.63, 3.8) is 0 Å². The lowest BCUT2D eigenvalue weighted by Gasteiger charge is -2.13. The van der Waals surface area contributed by atoms with Gasteiger partial charge in [-0.25, -0.2) is 8.42 Å². The SMILES string of the molecule is Cc1cc(I)ccc1NS(=O)(=O)C(C)C(=O)O. The van der Waals surface area contributed by atoms with E-state index in [0.717, 1.165) is 16.1 Å². The van der Waals surface area contributed by atoms with Crippen molar-refractivity contribution in [2.45, 2.75) is 19.1 Å². The number of sulfonamides is 1. The minimum absolute atomic E-state index is 0.401. The number of nitrogens with one attached hydrogen (secondary N) is 1. The van der Waals surface area contributed by atoms with Crippen LogP contribution >= 0.6 is 22.6 Å². The average Bonchev–Trinajstić information content (AvgIpc) is 2.21. The average molecular weight is 369 g/mol. The summed E-state index contributed by atoms with van der Waals surface area (Å²) < 4.78 is 26.6. The minimum atomic E-state index is -3.90. The molecule has 0 saturated heterocycles. The fraction of sp³-hybridized carbons (Fsp3) is 0.300. The van der Waals surface area contributed by atoms with Gasteiger partial charge >= 0.3 is 5.97 Å². The van der Waals surface area contributed by atoms with Crippen molar-refractivity contribution in [1.82, 2.24) is 0 Å². The van der Waals surface area contributed by atoms with Gasteiger partial charge in [-0.15, -0.1) is 0 Å². The molecule has 0 aliphatic rings. The predicted octanol–water partition coefficient (Wildman–Crippen LogP) is 1.81. The molecule has 94 valence electrons. The van der Waals surface area contributed by atoms with Crippen LogP contribution < -0.4 is 4.72 Å². The highest BCUT2D eigenvalue weighted by atomic mass is 127. The lowest BCUT2D eigenvalue weighted by atomic mass is 10.2. The molecule has 0 amide bonds. The molecule has 1 rings (SSSR count). The first-order valence-corrected chi connectivity index (χ1v) is 7.37. The van der Waals surface area contributed by atoms with Gasteiger partial charge in [-0.1, -0.05) is 0 Å². The minimum Gasteiger partial charge on any atom is -0.480 e. The van der Waals surface area contributed by atoms with Gasteiger partial charge < -0.3 is 5.11 Å². The van der Waals surface area contributed by atoms with Gasteiger partial charge in [0, 0.05) is 3.57 Å². The Bertz CT molecular complexity index is 541. The summed E-state index contributed by atoms with van der Waals surface area (Å²) in [7, 11) is -3.90. The van der Waals surface area contributed by atoms with Crippen molar-refractivity contribution in [2.24, 2.45) is 0 Å². The van der Waals surface area contributed by atoms with Crippen LogP contribution in [-0.4, -0.2) is 24.7 Å². The molecule has 1 unspecified atom stereocenters. The highest BCUT2D eigenvalue weighted by Gasteiger charge is 2.27. The van der Waals surface area contributed by atoms with Crippen LogP contribution in [0.4, 0.5) is 5.69 Å². The second kappa shape index (κ2) is 5.21. The van der Waals surface area contributed by atoms with Crippen molar-refractivity contribution in [1.29, 1.82) is 0 Å². The zero-order valence-corrected chi connectivity index (χ0v) is 12.2. The summed E-state index contributed by atoms with van der Waals surface area (Å²) in [5, 5.41) is 7.20. The Labute approximate surface area is 113 Å². The lowest BCUT2D eigenvalue weighted by molar-refractivity contribution is -0.136. The largest absolute Gasteiger partial charge is 0.480 e. The molecule has 0 fully saturated rings. The first-order chi connectivity index (χ1) is 7.74. The van der Waals surface area contributed by atoms with E-state index in [0.29, 0.717) is 5.69 Å². The topological polar surface area (TPSA) is 83.5 Å². The smallest absolute Gasteiger partial charge is 0.323 e. The Morgan fingerprint density at radius 1 is 1.47 bits per heavy atom. The number of hydrogen-bond donors (Lipinski definition) is 2. The van der Waals surface area contributed by atoms with Crippen LogP contribution in [0.1, 0.15) is 12.5 Å². The van der Waals surface area contributed by atoms with Crippen LogP contribution in [0.25, 0.3) is 0 Å². The molecular weight excluding hydrogens is 357 g/mol. The number of halogens is 1. The molecule has 0 heterocycles. The highest BCUT2D eigenvalue weighted by Crippen LogP contribution is 2.20. The van der Waals surface area contributed by atoms with Crippen molar-refractivity contribution in [3.8, 4) is 0 Å². The van der Waals surface area contributed by atoms with Crippen LogP contribution in [0.3, 0.4) is 0 Å². The Balaban J connectivity index is 3.02. The van der Waals surface area contributed by atoms with Gasteiger partial charge in [0.15, 0.2) is 5.25 Å². The number of anilines is 1. The molecule has 0 aliphatic carbocycles. The van der Waals surface area contributed by atoms with Gasteiger partial charge in [-0.3, -0.25) is 9.52 Å². The zero-order chi connectivity index (χ0) is 13.2. The van der Waals surface area contributed by atoms with E-state index in [1.54, 1.807) is 19.1 Å². The first-order valence-electron chi connectivity index (χ1n) is 4.74. The van der Waals surface area contributed by atoms with E-state index in [-0.39, 0.29) is 0 Å². The van der Waals surface area contributed by atoms with Crippen LogP contribution in [-0.2, 0) is 14.8 Å². The maximum Gasteiger partial charge on any atom is 0.323 e. The molecule has 0 bridgehead atoms. The number of carbonyl (C=O) groups is 1. The summed E-state index contributed by atoms with van der Waals surface area (Å²) in [5.74, 6) is -1.37. The van der Waals surface area contributed by atoms with Gasteiger partial charge in [0.2, 0.25) is 10.0 Å². The molecular formula is C10H12INO4S. The fourth-order valence-electron chi connectivity index (χ4n) is 1.12. The molecule has 0 aromatic heterocycles. The Morgan fingerprint density at radius 3 is 2.53 bits per heavy atom. The number of rotatable bonds is 4. The van der Waals surface area contributed by atoms with Gasteiger partial charge in [-0.2, -0.15) is 0 Å². The summed E-state index contributed by atoms with van der Waals surface area (Å²) in [6, 6.07) is 5.17. The van der Waals surface area contributed by atoms with Gasteiger partial charge in [0.1, 0.15) is 0 Å². The summed E-state index contributed by atoms with van der Waals surface area (Å²) >= 11 is 2.11. The molecule has 0 radical (unpaired) electrons. The standard InChI is InChI=1S/C10H12INO4S/c1-6-5-8(11)3-4-9(6)12-17(15,16)7(2)10(13)14/h3-5,7,12H,1-2H3,(H,13,14). The second-order valence-electron chi connectivity index (χ2n) is 3.59. The Kier molecular flexibility index (Phi) is 4.36. The Hall–Kier alpha value is -0.830. The number of carboxylic acids is 1. The van der Waals surface area contributed by atoms with E-state index in [4.69, 9.17) is 5.11 Å². The Morgan fingerprint density at radius 2 is 2.06 bits per heavy atom. The molecule has 0 spiro atoms. The number of benzene rings is 1.